The second-order valence-electron chi connectivity index (χ2n) is 6.79. The molecule has 7 heteroatoms. The summed E-state index contributed by atoms with van der Waals surface area (Å²) in [5.74, 6) is 1.87. The molecule has 0 bridgehead atoms. The van der Waals surface area contributed by atoms with Crippen LogP contribution in [0.15, 0.2) is 53.1 Å². The smallest absolute Gasteiger partial charge is 0.226 e. The van der Waals surface area contributed by atoms with Gasteiger partial charge < -0.3 is 14.2 Å². The lowest BCUT2D eigenvalue weighted by atomic mass is 10.1. The molecule has 0 aliphatic carbocycles. The van der Waals surface area contributed by atoms with E-state index >= 15 is 0 Å². The van der Waals surface area contributed by atoms with Gasteiger partial charge in [-0.2, -0.15) is 4.98 Å². The minimum atomic E-state index is -0.0847. The SMILES string of the molecule is COc1ccccc1C(C)N(C)C(=O)CCCc1nc(-c2ccc(Cl)cc2)no1. The summed E-state index contributed by atoms with van der Waals surface area (Å²) in [7, 11) is 3.45. The Hall–Kier alpha value is -2.86. The van der Waals surface area contributed by atoms with Gasteiger partial charge >= 0.3 is 0 Å². The predicted molar refractivity (Wildman–Crippen MR) is 112 cm³/mol. The van der Waals surface area contributed by atoms with Crippen molar-refractivity contribution in [1.82, 2.24) is 15.0 Å². The van der Waals surface area contributed by atoms with Crippen LogP contribution in [0.5, 0.6) is 5.75 Å². The highest BCUT2D eigenvalue weighted by atomic mass is 35.5. The number of carbonyl (C=O) groups excluding carboxylic acids is 1. The topological polar surface area (TPSA) is 68.5 Å². The maximum atomic E-state index is 12.6. The van der Waals surface area contributed by atoms with E-state index in [1.807, 2.05) is 50.4 Å². The van der Waals surface area contributed by atoms with Crippen LogP contribution < -0.4 is 4.74 Å². The molecule has 29 heavy (non-hydrogen) atoms. The minimum Gasteiger partial charge on any atom is -0.496 e. The second kappa shape index (κ2) is 9.56. The number of rotatable bonds is 8. The second-order valence-corrected chi connectivity index (χ2v) is 7.23. The van der Waals surface area contributed by atoms with E-state index in [9.17, 15) is 4.79 Å². The number of para-hydroxylation sites is 1. The standard InChI is InChI=1S/C22H24ClN3O3/c1-15(18-7-4-5-8-19(18)28-3)26(2)21(27)10-6-9-20-24-22(25-29-20)16-11-13-17(23)14-12-16/h4-5,7-8,11-15H,6,9-10H2,1-3H3. The number of ether oxygens (including phenoxy) is 1. The van der Waals surface area contributed by atoms with E-state index < -0.39 is 0 Å². The summed E-state index contributed by atoms with van der Waals surface area (Å²) >= 11 is 5.90. The number of carbonyl (C=O) groups is 1. The molecule has 0 spiro atoms. The minimum absolute atomic E-state index is 0.0563. The van der Waals surface area contributed by atoms with Gasteiger partial charge in [-0.3, -0.25) is 4.79 Å². The van der Waals surface area contributed by atoms with Crippen molar-refractivity contribution < 1.29 is 14.1 Å². The summed E-state index contributed by atoms with van der Waals surface area (Å²) in [6.45, 7) is 1.99. The Kier molecular flexibility index (Phi) is 6.88. The molecule has 6 nitrogen and oxygen atoms in total. The molecule has 152 valence electrons. The van der Waals surface area contributed by atoms with Gasteiger partial charge in [-0.1, -0.05) is 35.0 Å². The normalized spacial score (nSPS) is 11.9. The molecule has 3 rings (SSSR count). The molecule has 0 saturated heterocycles. The average Bonchev–Trinajstić information content (AvgIpc) is 3.22. The van der Waals surface area contributed by atoms with E-state index in [0.29, 0.717) is 36.0 Å². The third-order valence-corrected chi connectivity index (χ3v) is 5.17. The molecule has 0 N–H and O–H groups in total. The monoisotopic (exact) mass is 413 g/mol. The van der Waals surface area contributed by atoms with Crippen LogP contribution >= 0.6 is 11.6 Å². The number of methoxy groups -OCH3 is 1. The van der Waals surface area contributed by atoms with Crippen LogP contribution in [-0.4, -0.2) is 35.1 Å². The molecular weight excluding hydrogens is 390 g/mol. The molecule has 2 aromatic carbocycles. The number of amides is 1. The molecule has 0 radical (unpaired) electrons. The Morgan fingerprint density at radius 3 is 2.66 bits per heavy atom. The predicted octanol–water partition coefficient (Wildman–Crippen LogP) is 4.94. The first-order valence-corrected chi connectivity index (χ1v) is 9.84. The van der Waals surface area contributed by atoms with Gasteiger partial charge in [-0.25, -0.2) is 0 Å². The highest BCUT2D eigenvalue weighted by molar-refractivity contribution is 6.30. The third-order valence-electron chi connectivity index (χ3n) is 4.92. The van der Waals surface area contributed by atoms with Crippen molar-refractivity contribution in [3.05, 3.63) is 65.0 Å². The number of hydrogen-bond acceptors (Lipinski definition) is 5. The summed E-state index contributed by atoms with van der Waals surface area (Å²) in [4.78, 5) is 18.7. The van der Waals surface area contributed by atoms with E-state index in [1.165, 1.54) is 0 Å². The van der Waals surface area contributed by atoms with Crippen molar-refractivity contribution in [2.75, 3.05) is 14.2 Å². The highest BCUT2D eigenvalue weighted by Gasteiger charge is 2.20. The fourth-order valence-electron chi connectivity index (χ4n) is 3.08. The maximum absolute atomic E-state index is 12.6. The number of aromatic nitrogens is 2. The zero-order chi connectivity index (χ0) is 20.8. The zero-order valence-electron chi connectivity index (χ0n) is 16.8. The summed E-state index contributed by atoms with van der Waals surface area (Å²) < 4.78 is 10.7. The van der Waals surface area contributed by atoms with Gasteiger partial charge in [-0.15, -0.1) is 0 Å². The van der Waals surface area contributed by atoms with Crippen molar-refractivity contribution >= 4 is 17.5 Å². The van der Waals surface area contributed by atoms with E-state index in [-0.39, 0.29) is 11.9 Å². The molecule has 1 aromatic heterocycles. The van der Waals surface area contributed by atoms with Crippen LogP contribution in [-0.2, 0) is 11.2 Å². The lowest BCUT2D eigenvalue weighted by molar-refractivity contribution is -0.131. The Balaban J connectivity index is 1.53. The number of hydrogen-bond donors (Lipinski definition) is 0. The van der Waals surface area contributed by atoms with Crippen molar-refractivity contribution in [2.45, 2.75) is 32.2 Å². The van der Waals surface area contributed by atoms with E-state index in [0.717, 1.165) is 16.9 Å². The van der Waals surface area contributed by atoms with Crippen LogP contribution in [0.25, 0.3) is 11.4 Å². The number of nitrogens with zero attached hydrogens (tertiary/aromatic N) is 3. The molecule has 1 heterocycles. The van der Waals surface area contributed by atoms with Gasteiger partial charge in [0.25, 0.3) is 0 Å². The molecule has 0 aliphatic heterocycles. The van der Waals surface area contributed by atoms with Crippen molar-refractivity contribution in [3.63, 3.8) is 0 Å². The molecule has 0 fully saturated rings. The summed E-state index contributed by atoms with van der Waals surface area (Å²) in [6, 6.07) is 14.9. The van der Waals surface area contributed by atoms with Gasteiger partial charge in [-0.05, 0) is 43.7 Å². The van der Waals surface area contributed by atoms with E-state index in [2.05, 4.69) is 10.1 Å². The fourth-order valence-corrected chi connectivity index (χ4v) is 3.20. The third kappa shape index (κ3) is 5.15. The first-order chi connectivity index (χ1) is 14.0. The molecular formula is C22H24ClN3O3. The molecule has 3 aromatic rings. The Morgan fingerprint density at radius 2 is 1.93 bits per heavy atom. The van der Waals surface area contributed by atoms with E-state index in [4.69, 9.17) is 20.9 Å². The first-order valence-electron chi connectivity index (χ1n) is 9.46. The molecule has 1 unspecified atom stereocenters. The molecule has 0 aliphatic rings. The van der Waals surface area contributed by atoms with Gasteiger partial charge in [0.1, 0.15) is 5.75 Å². The van der Waals surface area contributed by atoms with Crippen LogP contribution in [0.1, 0.15) is 37.3 Å². The number of aryl methyl sites for hydroxylation is 1. The highest BCUT2D eigenvalue weighted by Crippen LogP contribution is 2.28. The maximum Gasteiger partial charge on any atom is 0.226 e. The van der Waals surface area contributed by atoms with Gasteiger partial charge in [0, 0.05) is 36.0 Å². The molecule has 1 amide bonds. The lowest BCUT2D eigenvalue weighted by Gasteiger charge is -2.26. The van der Waals surface area contributed by atoms with Crippen LogP contribution in [0.3, 0.4) is 0 Å². The van der Waals surface area contributed by atoms with Gasteiger partial charge in [0.05, 0.1) is 13.2 Å². The van der Waals surface area contributed by atoms with Crippen molar-refractivity contribution in [1.29, 1.82) is 0 Å². The Morgan fingerprint density at radius 1 is 1.21 bits per heavy atom. The van der Waals surface area contributed by atoms with Crippen molar-refractivity contribution in [2.24, 2.45) is 0 Å². The van der Waals surface area contributed by atoms with Crippen molar-refractivity contribution in [3.8, 4) is 17.1 Å². The Bertz CT molecular complexity index is 956. The largest absolute Gasteiger partial charge is 0.496 e. The molecule has 1 atom stereocenters. The Labute approximate surface area is 175 Å². The summed E-state index contributed by atoms with van der Waals surface area (Å²) in [5.41, 5.74) is 1.82. The van der Waals surface area contributed by atoms with Crippen LogP contribution in [0, 0.1) is 0 Å². The summed E-state index contributed by atoms with van der Waals surface area (Å²) in [6.07, 6.45) is 1.57. The quantitative estimate of drug-likeness (QED) is 0.523. The van der Waals surface area contributed by atoms with Crippen LogP contribution in [0.2, 0.25) is 5.02 Å². The van der Waals surface area contributed by atoms with Gasteiger partial charge in [0.15, 0.2) is 0 Å². The summed E-state index contributed by atoms with van der Waals surface area (Å²) in [5, 5.41) is 4.65. The van der Waals surface area contributed by atoms with Gasteiger partial charge in [0.2, 0.25) is 17.6 Å². The zero-order valence-corrected chi connectivity index (χ0v) is 17.5. The van der Waals surface area contributed by atoms with Crippen LogP contribution in [0.4, 0.5) is 0 Å². The number of halogens is 1. The molecule has 0 saturated carbocycles. The average molecular weight is 414 g/mol. The number of benzene rings is 2. The fraction of sp³-hybridized carbons (Fsp3) is 0.318. The van der Waals surface area contributed by atoms with E-state index in [1.54, 1.807) is 24.1 Å². The lowest BCUT2D eigenvalue weighted by Crippen LogP contribution is -2.29. The first kappa shape index (κ1) is 20.9.